The normalized spacial score (nSPS) is 15.9. The minimum Gasteiger partial charge on any atom is -0.393 e. The van der Waals surface area contributed by atoms with E-state index in [1.165, 1.54) is 0 Å². The monoisotopic (exact) mass is 333 g/mol. The van der Waals surface area contributed by atoms with Gasteiger partial charge in [0.2, 0.25) is 0 Å². The second-order valence-electron chi connectivity index (χ2n) is 6.15. The van der Waals surface area contributed by atoms with E-state index in [4.69, 9.17) is 0 Å². The van der Waals surface area contributed by atoms with Crippen LogP contribution in [0.3, 0.4) is 0 Å². The Morgan fingerprint density at radius 3 is 2.62 bits per heavy atom. The molecule has 0 aliphatic carbocycles. The number of anilines is 1. The van der Waals surface area contributed by atoms with Gasteiger partial charge < -0.3 is 20.6 Å². The molecule has 0 bridgehead atoms. The van der Waals surface area contributed by atoms with Gasteiger partial charge in [-0.15, -0.1) is 0 Å². The molecule has 1 aromatic carbocycles. The summed E-state index contributed by atoms with van der Waals surface area (Å²) < 4.78 is 0. The Kier molecular flexibility index (Phi) is 7.21. The van der Waals surface area contributed by atoms with Crippen molar-refractivity contribution in [2.24, 2.45) is 0 Å². The van der Waals surface area contributed by atoms with Gasteiger partial charge in [0.1, 0.15) is 0 Å². The number of amides is 2. The van der Waals surface area contributed by atoms with Crippen LogP contribution in [0.25, 0.3) is 0 Å². The molecule has 1 heterocycles. The van der Waals surface area contributed by atoms with Crippen LogP contribution in [0.15, 0.2) is 24.3 Å². The first kappa shape index (κ1) is 18.4. The predicted octanol–water partition coefficient (Wildman–Crippen LogP) is 1.15. The molecular formula is C18H27N3O3. The highest BCUT2D eigenvalue weighted by Crippen LogP contribution is 2.15. The number of benzene rings is 1. The average molecular weight is 333 g/mol. The van der Waals surface area contributed by atoms with Gasteiger partial charge in [0.05, 0.1) is 6.10 Å². The molecule has 0 aromatic heterocycles. The van der Waals surface area contributed by atoms with Crippen molar-refractivity contribution in [2.45, 2.75) is 38.7 Å². The lowest BCUT2D eigenvalue weighted by Crippen LogP contribution is -2.39. The fraction of sp³-hybridized carbons (Fsp3) is 0.556. The van der Waals surface area contributed by atoms with Crippen molar-refractivity contribution in [1.29, 1.82) is 0 Å². The molecule has 24 heavy (non-hydrogen) atoms. The van der Waals surface area contributed by atoms with Gasteiger partial charge in [0, 0.05) is 25.3 Å². The highest BCUT2D eigenvalue weighted by Gasteiger charge is 2.17. The minimum absolute atomic E-state index is 0.171. The van der Waals surface area contributed by atoms with E-state index in [1.807, 2.05) is 25.1 Å². The average Bonchev–Trinajstić information content (AvgIpc) is 2.60. The van der Waals surface area contributed by atoms with Crippen LogP contribution in [0, 0.1) is 0 Å². The predicted molar refractivity (Wildman–Crippen MR) is 93.8 cm³/mol. The van der Waals surface area contributed by atoms with Gasteiger partial charge in [-0.3, -0.25) is 9.59 Å². The molecule has 1 fully saturated rings. The van der Waals surface area contributed by atoms with Crippen molar-refractivity contribution in [3.63, 3.8) is 0 Å². The van der Waals surface area contributed by atoms with Crippen LogP contribution in [-0.4, -0.2) is 54.1 Å². The van der Waals surface area contributed by atoms with Crippen LogP contribution < -0.4 is 10.6 Å². The van der Waals surface area contributed by atoms with Crippen LogP contribution in [0.1, 0.15) is 31.7 Å². The van der Waals surface area contributed by atoms with Gasteiger partial charge in [-0.1, -0.05) is 25.1 Å². The van der Waals surface area contributed by atoms with E-state index in [2.05, 4.69) is 15.5 Å². The third-order valence-electron chi connectivity index (χ3n) is 4.35. The topological polar surface area (TPSA) is 81.7 Å². The summed E-state index contributed by atoms with van der Waals surface area (Å²) in [4.78, 5) is 26.1. The van der Waals surface area contributed by atoms with Gasteiger partial charge in [-0.25, -0.2) is 0 Å². The maximum atomic E-state index is 12.0. The summed E-state index contributed by atoms with van der Waals surface area (Å²) in [6.45, 7) is 5.13. The Hall–Kier alpha value is -1.92. The molecule has 2 amide bonds. The second kappa shape index (κ2) is 9.39. The van der Waals surface area contributed by atoms with Gasteiger partial charge in [-0.05, 0) is 43.9 Å². The number of nitrogens with zero attached hydrogens (tertiary/aromatic N) is 1. The Morgan fingerprint density at radius 1 is 1.21 bits per heavy atom. The number of aliphatic hydroxyl groups excluding tert-OH is 1. The van der Waals surface area contributed by atoms with Gasteiger partial charge >= 0.3 is 11.8 Å². The zero-order chi connectivity index (χ0) is 17.4. The Balaban J connectivity index is 1.67. The standard InChI is InChI=1S/C18H27N3O3/c1-2-14-6-3-4-7-16(14)20-18(24)17(23)19-10-5-11-21-12-8-15(22)9-13-21/h3-4,6-7,15,22H,2,5,8-13H2,1H3,(H,19,23)(H,20,24). The Morgan fingerprint density at radius 2 is 1.92 bits per heavy atom. The smallest absolute Gasteiger partial charge is 0.313 e. The lowest BCUT2D eigenvalue weighted by atomic mass is 10.1. The number of carbonyl (C=O) groups excluding carboxylic acids is 2. The van der Waals surface area contributed by atoms with Gasteiger partial charge in [-0.2, -0.15) is 0 Å². The summed E-state index contributed by atoms with van der Waals surface area (Å²) in [7, 11) is 0. The lowest BCUT2D eigenvalue weighted by molar-refractivity contribution is -0.136. The molecule has 0 atom stereocenters. The number of para-hydroxylation sites is 1. The van der Waals surface area contributed by atoms with Crippen molar-refractivity contribution in [1.82, 2.24) is 10.2 Å². The number of rotatable bonds is 6. The molecule has 1 saturated heterocycles. The first-order chi connectivity index (χ1) is 11.6. The van der Waals surface area contributed by atoms with E-state index in [1.54, 1.807) is 6.07 Å². The van der Waals surface area contributed by atoms with E-state index in [0.717, 1.165) is 50.9 Å². The highest BCUT2D eigenvalue weighted by molar-refractivity contribution is 6.39. The summed E-state index contributed by atoms with van der Waals surface area (Å²) >= 11 is 0. The van der Waals surface area contributed by atoms with E-state index in [-0.39, 0.29) is 6.10 Å². The van der Waals surface area contributed by atoms with Crippen LogP contribution in [-0.2, 0) is 16.0 Å². The molecule has 0 radical (unpaired) electrons. The van der Waals surface area contributed by atoms with Crippen LogP contribution in [0.5, 0.6) is 0 Å². The molecule has 2 rings (SSSR count). The van der Waals surface area contributed by atoms with E-state index in [0.29, 0.717) is 12.2 Å². The van der Waals surface area contributed by atoms with Gasteiger partial charge in [0.25, 0.3) is 0 Å². The van der Waals surface area contributed by atoms with Crippen molar-refractivity contribution < 1.29 is 14.7 Å². The van der Waals surface area contributed by atoms with E-state index < -0.39 is 11.8 Å². The second-order valence-corrected chi connectivity index (χ2v) is 6.15. The fourth-order valence-electron chi connectivity index (χ4n) is 2.86. The zero-order valence-corrected chi connectivity index (χ0v) is 14.3. The van der Waals surface area contributed by atoms with Crippen LogP contribution in [0.4, 0.5) is 5.69 Å². The molecule has 6 nitrogen and oxygen atoms in total. The summed E-state index contributed by atoms with van der Waals surface area (Å²) in [5.74, 6) is -1.23. The van der Waals surface area contributed by atoms with Crippen molar-refractivity contribution in [3.8, 4) is 0 Å². The number of likely N-dealkylation sites (tertiary alicyclic amines) is 1. The largest absolute Gasteiger partial charge is 0.393 e. The number of nitrogens with one attached hydrogen (secondary N) is 2. The Bertz CT molecular complexity index is 554. The molecular weight excluding hydrogens is 306 g/mol. The summed E-state index contributed by atoms with van der Waals surface area (Å²) in [5.41, 5.74) is 1.69. The van der Waals surface area contributed by atoms with Crippen LogP contribution >= 0.6 is 0 Å². The third kappa shape index (κ3) is 5.62. The number of aliphatic hydroxyl groups is 1. The quantitative estimate of drug-likeness (QED) is 0.539. The molecule has 1 aliphatic rings. The van der Waals surface area contributed by atoms with Crippen LogP contribution in [0.2, 0.25) is 0 Å². The molecule has 0 saturated carbocycles. The van der Waals surface area contributed by atoms with E-state index >= 15 is 0 Å². The first-order valence-corrected chi connectivity index (χ1v) is 8.67. The maximum absolute atomic E-state index is 12.0. The first-order valence-electron chi connectivity index (χ1n) is 8.67. The highest BCUT2D eigenvalue weighted by atomic mass is 16.3. The number of hydrogen-bond donors (Lipinski definition) is 3. The molecule has 132 valence electrons. The number of carbonyl (C=O) groups is 2. The number of hydrogen-bond acceptors (Lipinski definition) is 4. The summed E-state index contributed by atoms with van der Waals surface area (Å²) in [5, 5.41) is 14.8. The van der Waals surface area contributed by atoms with Gasteiger partial charge in [0.15, 0.2) is 0 Å². The summed E-state index contributed by atoms with van der Waals surface area (Å²) in [6.07, 6.45) is 3.04. The lowest BCUT2D eigenvalue weighted by Gasteiger charge is -2.29. The third-order valence-corrected chi connectivity index (χ3v) is 4.35. The van der Waals surface area contributed by atoms with Crippen molar-refractivity contribution in [3.05, 3.63) is 29.8 Å². The molecule has 0 unspecified atom stereocenters. The number of piperidine rings is 1. The minimum atomic E-state index is -0.628. The number of aryl methyl sites for hydroxylation is 1. The fourth-order valence-corrected chi connectivity index (χ4v) is 2.86. The molecule has 6 heteroatoms. The molecule has 3 N–H and O–H groups in total. The van der Waals surface area contributed by atoms with Crippen molar-refractivity contribution >= 4 is 17.5 Å². The van der Waals surface area contributed by atoms with Crippen molar-refractivity contribution in [2.75, 3.05) is 31.5 Å². The Labute approximate surface area is 143 Å². The summed E-state index contributed by atoms with van der Waals surface area (Å²) in [6, 6.07) is 7.48. The molecule has 1 aromatic rings. The van der Waals surface area contributed by atoms with E-state index in [9.17, 15) is 14.7 Å². The zero-order valence-electron chi connectivity index (χ0n) is 14.3. The molecule has 0 spiro atoms. The maximum Gasteiger partial charge on any atom is 0.313 e. The molecule has 1 aliphatic heterocycles. The SMILES string of the molecule is CCc1ccccc1NC(=O)C(=O)NCCCN1CCC(O)CC1.